The molecule has 0 radical (unpaired) electrons. The highest BCUT2D eigenvalue weighted by molar-refractivity contribution is 5.65. The van der Waals surface area contributed by atoms with E-state index in [1.54, 1.807) is 13.3 Å². The molecule has 4 rings (SSSR count). The van der Waals surface area contributed by atoms with Crippen molar-refractivity contribution in [3.8, 4) is 23.2 Å². The molecule has 3 heterocycles. The molecule has 4 aromatic rings. The highest BCUT2D eigenvalue weighted by Crippen LogP contribution is 2.25. The Morgan fingerprint density at radius 3 is 2.90 bits per heavy atom. The van der Waals surface area contributed by atoms with E-state index in [4.69, 9.17) is 14.7 Å². The zero-order chi connectivity index (χ0) is 21.6. The first-order valence-corrected chi connectivity index (χ1v) is 10.1. The van der Waals surface area contributed by atoms with Gasteiger partial charge < -0.3 is 19.4 Å². The van der Waals surface area contributed by atoms with Crippen LogP contribution in [0.3, 0.4) is 0 Å². The zero-order valence-electron chi connectivity index (χ0n) is 17.5. The molecular weight excluding hydrogens is 392 g/mol. The quantitative estimate of drug-likeness (QED) is 0.438. The molecule has 1 atom stereocenters. The van der Waals surface area contributed by atoms with E-state index >= 15 is 0 Å². The predicted octanol–water partition coefficient (Wildman–Crippen LogP) is 4.27. The molecule has 31 heavy (non-hydrogen) atoms. The SMILES string of the molecule is COCC(C)Oc1cccc(Nc2ncc3ccc(-c4cccn4CCC#N)n3n2)c1. The minimum atomic E-state index is -0.0486. The van der Waals surface area contributed by atoms with Gasteiger partial charge in [0, 0.05) is 31.6 Å². The number of hydrogen-bond donors (Lipinski definition) is 1. The smallest absolute Gasteiger partial charge is 0.245 e. The molecule has 1 aromatic carbocycles. The first-order valence-electron chi connectivity index (χ1n) is 10.1. The number of ether oxygens (including phenoxy) is 2. The van der Waals surface area contributed by atoms with Gasteiger partial charge in [-0.15, -0.1) is 5.10 Å². The van der Waals surface area contributed by atoms with Crippen molar-refractivity contribution >= 4 is 17.2 Å². The van der Waals surface area contributed by atoms with Gasteiger partial charge >= 0.3 is 0 Å². The fraction of sp³-hybridized carbons (Fsp3) is 0.261. The summed E-state index contributed by atoms with van der Waals surface area (Å²) in [7, 11) is 1.65. The van der Waals surface area contributed by atoms with Crippen molar-refractivity contribution in [3.63, 3.8) is 0 Å². The van der Waals surface area contributed by atoms with Crippen molar-refractivity contribution in [2.45, 2.75) is 26.0 Å². The Labute approximate surface area is 180 Å². The lowest BCUT2D eigenvalue weighted by atomic mass is 10.3. The molecule has 0 spiro atoms. The highest BCUT2D eigenvalue weighted by atomic mass is 16.5. The maximum atomic E-state index is 8.92. The van der Waals surface area contributed by atoms with Gasteiger partial charge in [0.2, 0.25) is 5.95 Å². The molecule has 8 heteroatoms. The van der Waals surface area contributed by atoms with Crippen molar-refractivity contribution in [2.75, 3.05) is 19.0 Å². The van der Waals surface area contributed by atoms with Crippen molar-refractivity contribution < 1.29 is 9.47 Å². The lowest BCUT2D eigenvalue weighted by Gasteiger charge is -2.14. The molecule has 1 N–H and O–H groups in total. The Morgan fingerprint density at radius 2 is 2.06 bits per heavy atom. The Hall–Kier alpha value is -3.83. The van der Waals surface area contributed by atoms with Gasteiger partial charge in [-0.05, 0) is 43.3 Å². The van der Waals surface area contributed by atoms with Crippen LogP contribution in [0.25, 0.3) is 16.9 Å². The van der Waals surface area contributed by atoms with Gasteiger partial charge in [0.15, 0.2) is 0 Å². The highest BCUT2D eigenvalue weighted by Gasteiger charge is 2.12. The molecule has 0 bridgehead atoms. The van der Waals surface area contributed by atoms with E-state index in [0.717, 1.165) is 28.3 Å². The monoisotopic (exact) mass is 416 g/mol. The molecule has 3 aromatic heterocycles. The summed E-state index contributed by atoms with van der Waals surface area (Å²) < 4.78 is 14.9. The third-order valence-electron chi connectivity index (χ3n) is 4.78. The van der Waals surface area contributed by atoms with E-state index in [2.05, 4.69) is 26.0 Å². The third-order valence-corrected chi connectivity index (χ3v) is 4.78. The van der Waals surface area contributed by atoms with Crippen molar-refractivity contribution in [1.29, 1.82) is 5.26 Å². The van der Waals surface area contributed by atoms with Crippen LogP contribution in [0.4, 0.5) is 11.6 Å². The first-order chi connectivity index (χ1) is 15.2. The number of rotatable bonds is 9. The summed E-state index contributed by atoms with van der Waals surface area (Å²) in [6.07, 6.45) is 4.16. The van der Waals surface area contributed by atoms with Crippen molar-refractivity contribution in [1.82, 2.24) is 19.2 Å². The average molecular weight is 416 g/mol. The molecule has 0 aliphatic carbocycles. The summed E-state index contributed by atoms with van der Waals surface area (Å²) >= 11 is 0. The number of hydrogen-bond acceptors (Lipinski definition) is 6. The molecule has 158 valence electrons. The number of fused-ring (bicyclic) bond motifs is 1. The van der Waals surface area contributed by atoms with Gasteiger partial charge in [-0.25, -0.2) is 9.50 Å². The van der Waals surface area contributed by atoms with Crippen LogP contribution in [0.1, 0.15) is 13.3 Å². The van der Waals surface area contributed by atoms with Gasteiger partial charge in [-0.3, -0.25) is 0 Å². The van der Waals surface area contributed by atoms with Gasteiger partial charge in [0.1, 0.15) is 11.9 Å². The molecule has 0 aliphatic rings. The Kier molecular flexibility index (Phi) is 6.15. The van der Waals surface area contributed by atoms with Gasteiger partial charge in [-0.1, -0.05) is 6.07 Å². The van der Waals surface area contributed by atoms with Crippen molar-refractivity contribution in [3.05, 3.63) is 60.9 Å². The van der Waals surface area contributed by atoms with E-state index < -0.39 is 0 Å². The number of nitrogens with zero attached hydrogens (tertiary/aromatic N) is 5. The van der Waals surface area contributed by atoms with Gasteiger partial charge in [0.05, 0.1) is 42.2 Å². The molecule has 0 saturated heterocycles. The number of benzene rings is 1. The second-order valence-electron chi connectivity index (χ2n) is 7.17. The number of nitriles is 1. The normalized spacial score (nSPS) is 11.9. The molecule has 0 saturated carbocycles. The second-order valence-corrected chi connectivity index (χ2v) is 7.17. The van der Waals surface area contributed by atoms with E-state index in [-0.39, 0.29) is 6.10 Å². The molecule has 8 nitrogen and oxygen atoms in total. The largest absolute Gasteiger partial charge is 0.488 e. The molecule has 1 unspecified atom stereocenters. The number of aryl methyl sites for hydroxylation is 1. The topological polar surface area (TPSA) is 89.4 Å². The summed E-state index contributed by atoms with van der Waals surface area (Å²) in [5, 5.41) is 16.8. The fourth-order valence-corrected chi connectivity index (χ4v) is 3.44. The number of nitrogens with one attached hydrogen (secondary N) is 1. The predicted molar refractivity (Wildman–Crippen MR) is 118 cm³/mol. The number of anilines is 2. The van der Waals surface area contributed by atoms with E-state index in [9.17, 15) is 0 Å². The van der Waals surface area contributed by atoms with Crippen LogP contribution in [0, 0.1) is 11.3 Å². The van der Waals surface area contributed by atoms with Crippen LogP contribution in [0.15, 0.2) is 60.9 Å². The van der Waals surface area contributed by atoms with Crippen LogP contribution >= 0.6 is 0 Å². The second kappa shape index (κ2) is 9.32. The minimum Gasteiger partial charge on any atom is -0.488 e. The van der Waals surface area contributed by atoms with E-state index in [1.807, 2.05) is 66.2 Å². The zero-order valence-corrected chi connectivity index (χ0v) is 17.5. The average Bonchev–Trinajstić information content (AvgIpc) is 3.38. The summed E-state index contributed by atoms with van der Waals surface area (Å²) in [4.78, 5) is 4.44. The Bertz CT molecular complexity index is 1210. The molecule has 0 fully saturated rings. The minimum absolute atomic E-state index is 0.0486. The maximum absolute atomic E-state index is 8.92. The Balaban J connectivity index is 1.59. The molecular formula is C23H24N6O2. The van der Waals surface area contributed by atoms with Crippen LogP contribution in [0.5, 0.6) is 5.75 Å². The summed E-state index contributed by atoms with van der Waals surface area (Å²) in [6, 6.07) is 17.8. The maximum Gasteiger partial charge on any atom is 0.245 e. The molecule has 0 aliphatic heterocycles. The molecule has 0 amide bonds. The van der Waals surface area contributed by atoms with E-state index in [0.29, 0.717) is 25.5 Å². The van der Waals surface area contributed by atoms with E-state index in [1.165, 1.54) is 0 Å². The number of methoxy groups -OCH3 is 1. The van der Waals surface area contributed by atoms with Crippen molar-refractivity contribution in [2.24, 2.45) is 0 Å². The lowest BCUT2D eigenvalue weighted by molar-refractivity contribution is 0.0921. The van der Waals surface area contributed by atoms with Crippen LogP contribution in [-0.2, 0) is 11.3 Å². The van der Waals surface area contributed by atoms with Crippen LogP contribution in [0.2, 0.25) is 0 Å². The Morgan fingerprint density at radius 1 is 1.16 bits per heavy atom. The summed E-state index contributed by atoms with van der Waals surface area (Å²) in [5.74, 6) is 1.22. The van der Waals surface area contributed by atoms with Gasteiger partial charge in [-0.2, -0.15) is 5.26 Å². The van der Waals surface area contributed by atoms with Crippen LogP contribution < -0.4 is 10.1 Å². The number of aromatic nitrogens is 4. The first kappa shape index (κ1) is 20.4. The summed E-state index contributed by atoms with van der Waals surface area (Å²) in [5.41, 5.74) is 3.66. The van der Waals surface area contributed by atoms with Crippen LogP contribution in [-0.4, -0.2) is 39.0 Å². The standard InChI is InChI=1S/C23H24N6O2/c1-17(16-30-2)31-20-7-3-6-18(14-20)26-23-25-15-19-9-10-22(29(19)27-23)21-8-4-12-28(21)13-5-11-24/h3-4,6-10,12,14-15,17H,5,13,16H2,1-2H3,(H,26,27). The lowest BCUT2D eigenvalue weighted by Crippen LogP contribution is -2.17. The fourth-order valence-electron chi connectivity index (χ4n) is 3.44. The third kappa shape index (κ3) is 4.68. The summed E-state index contributed by atoms with van der Waals surface area (Å²) in [6.45, 7) is 3.11. The van der Waals surface area contributed by atoms with Gasteiger partial charge in [0.25, 0.3) is 0 Å².